The first-order chi connectivity index (χ1) is 11.9. The number of ether oxygens (including phenoxy) is 2. The molecular formula is C18H25N3O4. The van der Waals surface area contributed by atoms with Gasteiger partial charge in [-0.2, -0.15) is 0 Å². The molecule has 1 saturated heterocycles. The number of nitrogens with zero attached hydrogens (tertiary/aromatic N) is 2. The Bertz CT molecular complexity index is 691. The van der Waals surface area contributed by atoms with E-state index < -0.39 is 5.41 Å². The Labute approximate surface area is 147 Å². The third kappa shape index (κ3) is 2.76. The number of likely N-dealkylation sites (tertiary alicyclic amines) is 1. The quantitative estimate of drug-likeness (QED) is 0.801. The van der Waals surface area contributed by atoms with Crippen LogP contribution in [0, 0.1) is 16.7 Å². The van der Waals surface area contributed by atoms with E-state index in [9.17, 15) is 9.59 Å². The standard InChI is InChI=1S/C18H25N3O4/c1-17(2)10-18(16(23)24-3)11-21(9-13(17)18)15(22)14-12(25-8-6-19)5-4-7-20-14/h4-5,7,13H,6,8-11,19H2,1-3H3/t13-,18+/m1/s1. The summed E-state index contributed by atoms with van der Waals surface area (Å²) in [4.78, 5) is 31.3. The van der Waals surface area contributed by atoms with Crippen LogP contribution in [0.4, 0.5) is 0 Å². The molecule has 0 aromatic carbocycles. The van der Waals surface area contributed by atoms with Crippen LogP contribution < -0.4 is 10.5 Å². The number of amides is 1. The number of pyridine rings is 1. The predicted octanol–water partition coefficient (Wildman–Crippen LogP) is 1.08. The molecule has 1 aromatic heterocycles. The van der Waals surface area contributed by atoms with Crippen LogP contribution >= 0.6 is 0 Å². The molecule has 1 aliphatic carbocycles. The van der Waals surface area contributed by atoms with Gasteiger partial charge in [-0.3, -0.25) is 9.59 Å². The van der Waals surface area contributed by atoms with Crippen molar-refractivity contribution >= 4 is 11.9 Å². The van der Waals surface area contributed by atoms with Gasteiger partial charge in [-0.1, -0.05) is 13.8 Å². The highest BCUT2D eigenvalue weighted by atomic mass is 16.5. The molecule has 0 spiro atoms. The summed E-state index contributed by atoms with van der Waals surface area (Å²) in [7, 11) is 1.40. The van der Waals surface area contributed by atoms with Crippen LogP contribution in [0.15, 0.2) is 18.3 Å². The van der Waals surface area contributed by atoms with Gasteiger partial charge >= 0.3 is 5.97 Å². The Hall–Kier alpha value is -2.15. The van der Waals surface area contributed by atoms with Gasteiger partial charge in [-0.15, -0.1) is 0 Å². The zero-order chi connectivity index (χ0) is 18.2. The van der Waals surface area contributed by atoms with Gasteiger partial charge in [0.25, 0.3) is 5.91 Å². The van der Waals surface area contributed by atoms with Crippen molar-refractivity contribution in [1.82, 2.24) is 9.88 Å². The van der Waals surface area contributed by atoms with E-state index in [2.05, 4.69) is 18.8 Å². The highest BCUT2D eigenvalue weighted by Crippen LogP contribution is 2.63. The van der Waals surface area contributed by atoms with Crippen LogP contribution in [0.2, 0.25) is 0 Å². The lowest BCUT2D eigenvalue weighted by Gasteiger charge is -2.54. The zero-order valence-corrected chi connectivity index (χ0v) is 14.9. The van der Waals surface area contributed by atoms with Gasteiger partial charge in [0.15, 0.2) is 11.4 Å². The number of nitrogens with two attached hydrogens (primary N) is 1. The average Bonchev–Trinajstić information content (AvgIpc) is 2.94. The number of fused-ring (bicyclic) bond motifs is 1. The molecule has 25 heavy (non-hydrogen) atoms. The van der Waals surface area contributed by atoms with Gasteiger partial charge in [-0.05, 0) is 29.9 Å². The third-order valence-electron chi connectivity index (χ3n) is 5.49. The number of hydrogen-bond acceptors (Lipinski definition) is 6. The molecule has 1 aromatic rings. The minimum atomic E-state index is -0.596. The molecule has 0 radical (unpaired) electrons. The summed E-state index contributed by atoms with van der Waals surface area (Å²) in [5, 5.41) is 0. The highest BCUT2D eigenvalue weighted by Gasteiger charge is 2.68. The van der Waals surface area contributed by atoms with Crippen LogP contribution in [-0.2, 0) is 9.53 Å². The largest absolute Gasteiger partial charge is 0.490 e. The first-order valence-corrected chi connectivity index (χ1v) is 8.51. The van der Waals surface area contributed by atoms with Crippen LogP contribution in [0.3, 0.4) is 0 Å². The van der Waals surface area contributed by atoms with Gasteiger partial charge < -0.3 is 20.1 Å². The lowest BCUT2D eigenvalue weighted by molar-refractivity contribution is -0.174. The number of aromatic nitrogens is 1. The highest BCUT2D eigenvalue weighted by molar-refractivity contribution is 5.96. The lowest BCUT2D eigenvalue weighted by Crippen LogP contribution is -2.57. The molecule has 0 bridgehead atoms. The molecule has 136 valence electrons. The summed E-state index contributed by atoms with van der Waals surface area (Å²) in [6.07, 6.45) is 2.28. The fraction of sp³-hybridized carbons (Fsp3) is 0.611. The molecule has 2 N–H and O–H groups in total. The summed E-state index contributed by atoms with van der Waals surface area (Å²) < 4.78 is 10.6. The van der Waals surface area contributed by atoms with Crippen LogP contribution in [-0.4, -0.2) is 55.1 Å². The number of carbonyl (C=O) groups is 2. The number of esters is 1. The maximum absolute atomic E-state index is 13.0. The van der Waals surface area contributed by atoms with Gasteiger partial charge in [0.1, 0.15) is 6.61 Å². The molecule has 2 atom stereocenters. The number of rotatable bonds is 5. The summed E-state index contributed by atoms with van der Waals surface area (Å²) in [5.74, 6) is 0.0611. The molecule has 2 heterocycles. The molecule has 1 amide bonds. The Morgan fingerprint density at radius 3 is 2.84 bits per heavy atom. The summed E-state index contributed by atoms with van der Waals surface area (Å²) >= 11 is 0. The maximum atomic E-state index is 13.0. The second kappa shape index (κ2) is 6.29. The van der Waals surface area contributed by atoms with E-state index in [4.69, 9.17) is 15.2 Å². The van der Waals surface area contributed by atoms with E-state index in [0.717, 1.165) is 6.42 Å². The average molecular weight is 347 g/mol. The molecule has 0 unspecified atom stereocenters. The second-order valence-corrected chi connectivity index (χ2v) is 7.54. The molecular weight excluding hydrogens is 322 g/mol. The van der Waals surface area contributed by atoms with E-state index >= 15 is 0 Å². The molecule has 1 saturated carbocycles. The number of hydrogen-bond donors (Lipinski definition) is 1. The number of methoxy groups -OCH3 is 1. The van der Waals surface area contributed by atoms with E-state index in [1.165, 1.54) is 7.11 Å². The monoisotopic (exact) mass is 347 g/mol. The summed E-state index contributed by atoms with van der Waals surface area (Å²) in [6.45, 7) is 5.81. The Morgan fingerprint density at radius 1 is 1.44 bits per heavy atom. The minimum absolute atomic E-state index is 0.00617. The fourth-order valence-corrected chi connectivity index (χ4v) is 4.51. The van der Waals surface area contributed by atoms with E-state index in [-0.39, 0.29) is 28.9 Å². The zero-order valence-electron chi connectivity index (χ0n) is 14.9. The molecule has 7 heteroatoms. The van der Waals surface area contributed by atoms with Crippen molar-refractivity contribution in [3.8, 4) is 5.75 Å². The van der Waals surface area contributed by atoms with Crippen molar-refractivity contribution in [1.29, 1.82) is 0 Å². The first kappa shape index (κ1) is 17.7. The minimum Gasteiger partial charge on any atom is -0.490 e. The Balaban J connectivity index is 1.84. The normalized spacial score (nSPS) is 26.6. The van der Waals surface area contributed by atoms with Crippen molar-refractivity contribution in [2.45, 2.75) is 20.3 Å². The maximum Gasteiger partial charge on any atom is 0.314 e. The van der Waals surface area contributed by atoms with Crippen molar-refractivity contribution in [2.75, 3.05) is 33.4 Å². The summed E-state index contributed by atoms with van der Waals surface area (Å²) in [6, 6.07) is 3.43. The second-order valence-electron chi connectivity index (χ2n) is 7.54. The number of carbonyl (C=O) groups excluding carboxylic acids is 2. The van der Waals surface area contributed by atoms with Gasteiger partial charge in [-0.25, -0.2) is 4.98 Å². The van der Waals surface area contributed by atoms with Gasteiger partial charge in [0.05, 0.1) is 12.5 Å². The lowest BCUT2D eigenvalue weighted by atomic mass is 9.48. The molecule has 3 rings (SSSR count). The van der Waals surface area contributed by atoms with Crippen molar-refractivity contribution in [2.24, 2.45) is 22.5 Å². The van der Waals surface area contributed by atoms with E-state index in [1.54, 1.807) is 23.2 Å². The van der Waals surface area contributed by atoms with E-state index in [1.807, 2.05) is 0 Å². The van der Waals surface area contributed by atoms with Crippen LogP contribution in [0.1, 0.15) is 30.8 Å². The Morgan fingerprint density at radius 2 is 2.20 bits per heavy atom. The van der Waals surface area contributed by atoms with Crippen LogP contribution in [0.25, 0.3) is 0 Å². The fourth-order valence-electron chi connectivity index (χ4n) is 4.51. The smallest absolute Gasteiger partial charge is 0.314 e. The van der Waals surface area contributed by atoms with Gasteiger partial charge in [0, 0.05) is 25.8 Å². The topological polar surface area (TPSA) is 94.8 Å². The molecule has 2 aliphatic rings. The first-order valence-electron chi connectivity index (χ1n) is 8.51. The van der Waals surface area contributed by atoms with Crippen molar-refractivity contribution in [3.05, 3.63) is 24.0 Å². The Kier molecular flexibility index (Phi) is 4.45. The van der Waals surface area contributed by atoms with E-state index in [0.29, 0.717) is 32.0 Å². The SMILES string of the molecule is COC(=O)[C@@]12CN(C(=O)c3ncccc3OCCN)C[C@@H]1C(C)(C)C2. The van der Waals surface area contributed by atoms with Gasteiger partial charge in [0.2, 0.25) is 0 Å². The summed E-state index contributed by atoms with van der Waals surface area (Å²) in [5.41, 5.74) is 5.14. The molecule has 1 aliphatic heterocycles. The van der Waals surface area contributed by atoms with Crippen molar-refractivity contribution in [3.63, 3.8) is 0 Å². The molecule has 7 nitrogen and oxygen atoms in total. The van der Waals surface area contributed by atoms with Crippen LogP contribution in [0.5, 0.6) is 5.75 Å². The molecule has 2 fully saturated rings. The third-order valence-corrected chi connectivity index (χ3v) is 5.49. The predicted molar refractivity (Wildman–Crippen MR) is 91.0 cm³/mol. The van der Waals surface area contributed by atoms with Crippen molar-refractivity contribution < 1.29 is 19.1 Å².